The van der Waals surface area contributed by atoms with Crippen molar-refractivity contribution < 1.29 is 31.9 Å². The lowest BCUT2D eigenvalue weighted by Gasteiger charge is -2.13. The highest BCUT2D eigenvalue weighted by Gasteiger charge is 2.36. The van der Waals surface area contributed by atoms with Gasteiger partial charge in [-0.3, -0.25) is 4.79 Å². The molecule has 0 unspecified atom stereocenters. The van der Waals surface area contributed by atoms with Crippen LogP contribution >= 0.6 is 0 Å². The smallest absolute Gasteiger partial charge is 0.419 e. The number of nitriles is 1. The number of carbonyl (C=O) groups is 1. The Hall–Kier alpha value is -2.24. The molecule has 1 heterocycles. The number of aromatic nitrogens is 1. The largest absolute Gasteiger partial charge is 0.481 e. The van der Waals surface area contributed by atoms with Gasteiger partial charge in [0.25, 0.3) is 6.43 Å². The lowest BCUT2D eigenvalue weighted by Crippen LogP contribution is -2.14. The Kier molecular flexibility index (Phi) is 4.04. The van der Waals surface area contributed by atoms with Gasteiger partial charge < -0.3 is 5.11 Å². The number of nitrogens with zero attached hydrogens (tertiary/aromatic N) is 2. The number of carboxylic acids is 1. The molecule has 0 aliphatic heterocycles. The molecule has 1 rings (SSSR count). The highest BCUT2D eigenvalue weighted by atomic mass is 19.4. The number of hydrogen-bond donors (Lipinski definition) is 1. The van der Waals surface area contributed by atoms with E-state index >= 15 is 0 Å². The van der Waals surface area contributed by atoms with Crippen LogP contribution in [0.15, 0.2) is 6.07 Å². The van der Waals surface area contributed by atoms with Gasteiger partial charge in [0, 0.05) is 0 Å². The Bertz CT molecular complexity index is 548. The van der Waals surface area contributed by atoms with Crippen LogP contribution in [0.1, 0.15) is 28.9 Å². The van der Waals surface area contributed by atoms with Crippen molar-refractivity contribution in [1.29, 1.82) is 5.26 Å². The van der Waals surface area contributed by atoms with Gasteiger partial charge in [-0.2, -0.15) is 18.4 Å². The number of halogens is 5. The monoisotopic (exact) mass is 280 g/mol. The van der Waals surface area contributed by atoms with Crippen LogP contribution in [0.4, 0.5) is 22.0 Å². The summed E-state index contributed by atoms with van der Waals surface area (Å²) in [6.45, 7) is 0. The first kappa shape index (κ1) is 14.8. The van der Waals surface area contributed by atoms with Crippen molar-refractivity contribution in [3.8, 4) is 6.07 Å². The minimum absolute atomic E-state index is 0.223. The fraction of sp³-hybridized carbons (Fsp3) is 0.300. The van der Waals surface area contributed by atoms with Crippen molar-refractivity contribution in [1.82, 2.24) is 4.98 Å². The summed E-state index contributed by atoms with van der Waals surface area (Å²) in [5.74, 6) is -1.58. The molecule has 0 saturated heterocycles. The van der Waals surface area contributed by atoms with Gasteiger partial charge >= 0.3 is 12.1 Å². The zero-order valence-corrected chi connectivity index (χ0v) is 9.00. The molecule has 1 aromatic rings. The van der Waals surface area contributed by atoms with E-state index in [4.69, 9.17) is 10.4 Å². The maximum Gasteiger partial charge on any atom is 0.419 e. The summed E-state index contributed by atoms with van der Waals surface area (Å²) in [6.07, 6.45) is -9.29. The molecule has 0 bridgehead atoms. The van der Waals surface area contributed by atoms with Crippen molar-refractivity contribution in [2.75, 3.05) is 0 Å². The van der Waals surface area contributed by atoms with Gasteiger partial charge in [0.1, 0.15) is 11.8 Å². The highest BCUT2D eigenvalue weighted by Crippen LogP contribution is 2.34. The topological polar surface area (TPSA) is 74.0 Å². The molecule has 9 heteroatoms. The third-order valence-electron chi connectivity index (χ3n) is 2.09. The molecular weight excluding hydrogens is 275 g/mol. The van der Waals surface area contributed by atoms with E-state index in [9.17, 15) is 26.7 Å². The zero-order chi connectivity index (χ0) is 14.8. The first-order valence-electron chi connectivity index (χ1n) is 4.68. The lowest BCUT2D eigenvalue weighted by molar-refractivity contribution is -0.139. The quantitative estimate of drug-likeness (QED) is 0.863. The van der Waals surface area contributed by atoms with E-state index in [0.29, 0.717) is 0 Å². The maximum atomic E-state index is 12.6. The number of alkyl halides is 5. The van der Waals surface area contributed by atoms with Crippen LogP contribution in [0.5, 0.6) is 0 Å². The van der Waals surface area contributed by atoms with Crippen LogP contribution in [-0.2, 0) is 17.4 Å². The molecule has 0 amide bonds. The minimum atomic E-state index is -4.98. The molecule has 0 atom stereocenters. The van der Waals surface area contributed by atoms with E-state index in [1.54, 1.807) is 0 Å². The molecule has 0 aliphatic rings. The van der Waals surface area contributed by atoms with E-state index in [2.05, 4.69) is 4.98 Å². The first-order valence-corrected chi connectivity index (χ1v) is 4.68. The van der Waals surface area contributed by atoms with Crippen molar-refractivity contribution in [2.24, 2.45) is 0 Å². The van der Waals surface area contributed by atoms with Crippen LogP contribution in [0.2, 0.25) is 0 Å². The zero-order valence-electron chi connectivity index (χ0n) is 9.00. The van der Waals surface area contributed by atoms with Gasteiger partial charge in [0.2, 0.25) is 0 Å². The Morgan fingerprint density at radius 2 is 2.05 bits per heavy atom. The summed E-state index contributed by atoms with van der Waals surface area (Å²) >= 11 is 0. The van der Waals surface area contributed by atoms with Crippen LogP contribution in [0.25, 0.3) is 0 Å². The van der Waals surface area contributed by atoms with Crippen molar-refractivity contribution in [3.63, 3.8) is 0 Å². The van der Waals surface area contributed by atoms with Gasteiger partial charge in [0.15, 0.2) is 5.69 Å². The molecule has 0 aromatic carbocycles. The maximum absolute atomic E-state index is 12.6. The summed E-state index contributed by atoms with van der Waals surface area (Å²) in [7, 11) is 0. The molecule has 4 nitrogen and oxygen atoms in total. The predicted molar refractivity (Wildman–Crippen MR) is 50.3 cm³/mol. The fourth-order valence-electron chi connectivity index (χ4n) is 1.36. The number of carboxylic acid groups (broad SMARTS) is 1. The number of hydrogen-bond acceptors (Lipinski definition) is 3. The second kappa shape index (κ2) is 5.17. The summed E-state index contributed by atoms with van der Waals surface area (Å²) in [5.41, 5.74) is -4.65. The summed E-state index contributed by atoms with van der Waals surface area (Å²) < 4.78 is 62.8. The Labute approximate surface area is 103 Å². The highest BCUT2D eigenvalue weighted by molar-refractivity contribution is 5.70. The van der Waals surface area contributed by atoms with Crippen LogP contribution in [0.3, 0.4) is 0 Å². The van der Waals surface area contributed by atoms with Crippen molar-refractivity contribution >= 4 is 5.97 Å². The Balaban J connectivity index is 3.53. The molecule has 1 aromatic heterocycles. The lowest BCUT2D eigenvalue weighted by atomic mass is 10.0. The summed E-state index contributed by atoms with van der Waals surface area (Å²) in [4.78, 5) is 13.4. The molecule has 1 N–H and O–H groups in total. The van der Waals surface area contributed by atoms with Crippen molar-refractivity contribution in [2.45, 2.75) is 19.0 Å². The molecular formula is C10H5F5N2O2. The molecule has 0 fully saturated rings. The Morgan fingerprint density at radius 3 is 2.42 bits per heavy atom. The predicted octanol–water partition coefficient (Wildman–Crippen LogP) is 2.54. The average Bonchev–Trinajstić information content (AvgIpc) is 2.26. The van der Waals surface area contributed by atoms with Crippen LogP contribution in [0, 0.1) is 11.3 Å². The fourth-order valence-corrected chi connectivity index (χ4v) is 1.36. The molecule has 19 heavy (non-hydrogen) atoms. The second-order valence-corrected chi connectivity index (χ2v) is 3.41. The van der Waals surface area contributed by atoms with Gasteiger partial charge in [-0.1, -0.05) is 0 Å². The third-order valence-corrected chi connectivity index (χ3v) is 2.09. The average molecular weight is 280 g/mol. The second-order valence-electron chi connectivity index (χ2n) is 3.41. The normalized spacial score (nSPS) is 11.4. The molecule has 0 saturated carbocycles. The van der Waals surface area contributed by atoms with Gasteiger partial charge in [-0.15, -0.1) is 0 Å². The van der Waals surface area contributed by atoms with Crippen LogP contribution < -0.4 is 0 Å². The summed E-state index contributed by atoms with van der Waals surface area (Å²) in [5, 5.41) is 17.0. The van der Waals surface area contributed by atoms with E-state index in [0.717, 1.165) is 6.07 Å². The van der Waals surface area contributed by atoms with Gasteiger partial charge in [0.05, 0.1) is 12.0 Å². The number of rotatable bonds is 3. The summed E-state index contributed by atoms with van der Waals surface area (Å²) in [6, 6.07) is 1.29. The Morgan fingerprint density at radius 1 is 1.47 bits per heavy atom. The SMILES string of the molecule is N#Cc1nc(C(F)F)c(CC(=O)O)cc1C(F)(F)F. The van der Waals surface area contributed by atoms with E-state index < -0.39 is 47.5 Å². The number of pyridine rings is 1. The molecule has 0 aliphatic carbocycles. The molecule has 0 radical (unpaired) electrons. The van der Waals surface area contributed by atoms with E-state index in [-0.39, 0.29) is 6.07 Å². The third kappa shape index (κ3) is 3.37. The van der Waals surface area contributed by atoms with E-state index in [1.165, 1.54) is 0 Å². The van der Waals surface area contributed by atoms with Gasteiger partial charge in [-0.25, -0.2) is 13.8 Å². The molecule has 0 spiro atoms. The van der Waals surface area contributed by atoms with Crippen LogP contribution in [-0.4, -0.2) is 16.1 Å². The minimum Gasteiger partial charge on any atom is -0.481 e. The standard InChI is InChI=1S/C10H5F5N2O2/c11-9(12)8-4(2-7(18)19)1-5(10(13,14)15)6(3-16)17-8/h1,9H,2H2,(H,18,19). The number of aliphatic carboxylic acids is 1. The molecule has 102 valence electrons. The first-order chi connectivity index (χ1) is 8.66. The van der Waals surface area contributed by atoms with Gasteiger partial charge in [-0.05, 0) is 11.6 Å². The van der Waals surface area contributed by atoms with E-state index in [1.807, 2.05) is 0 Å². The van der Waals surface area contributed by atoms with Crippen molar-refractivity contribution in [3.05, 3.63) is 28.6 Å².